The molecule has 1 amide bonds. The first-order chi connectivity index (χ1) is 12.7. The van der Waals surface area contributed by atoms with Crippen LogP contribution in [0.5, 0.6) is 0 Å². The molecule has 27 heavy (non-hydrogen) atoms. The number of amides is 1. The molecule has 1 N–H and O–H groups in total. The average Bonchev–Trinajstić information content (AvgIpc) is 2.61. The molecule has 146 valence electrons. The van der Waals surface area contributed by atoms with Crippen molar-refractivity contribution in [3.05, 3.63) is 60.2 Å². The van der Waals surface area contributed by atoms with Gasteiger partial charge in [-0.05, 0) is 43.7 Å². The number of hydrogen-bond acceptors (Lipinski definition) is 4. The molecule has 2 aromatic carbocycles. The van der Waals surface area contributed by atoms with Crippen LogP contribution in [0, 0.1) is 6.92 Å². The third-order valence-electron chi connectivity index (χ3n) is 4.29. The molecule has 0 aliphatic rings. The number of anilines is 2. The summed E-state index contributed by atoms with van der Waals surface area (Å²) in [7, 11) is -1.66. The normalized spacial score (nSPS) is 12.3. The highest BCUT2D eigenvalue weighted by Gasteiger charge is 2.28. The average molecular weight is 390 g/mol. The van der Waals surface area contributed by atoms with Gasteiger partial charge in [-0.1, -0.05) is 30.3 Å². The summed E-state index contributed by atoms with van der Waals surface area (Å²) in [6.45, 7) is 4.51. The Balaban J connectivity index is 2.03. The molecule has 7 heteroatoms. The van der Waals surface area contributed by atoms with E-state index in [1.54, 1.807) is 25.1 Å². The minimum atomic E-state index is -3.60. The maximum absolute atomic E-state index is 12.6. The molecule has 0 radical (unpaired) electrons. The van der Waals surface area contributed by atoms with Crippen LogP contribution in [0.1, 0.15) is 12.5 Å². The van der Waals surface area contributed by atoms with Crippen molar-refractivity contribution in [2.45, 2.75) is 19.9 Å². The summed E-state index contributed by atoms with van der Waals surface area (Å²) in [6, 6.07) is 16.1. The minimum absolute atomic E-state index is 0.330. The van der Waals surface area contributed by atoms with E-state index < -0.39 is 16.1 Å². The lowest BCUT2D eigenvalue weighted by Crippen LogP contribution is -2.49. The predicted molar refractivity (Wildman–Crippen MR) is 111 cm³/mol. The molecule has 0 spiro atoms. The number of nitrogens with zero attached hydrogens (tertiary/aromatic N) is 2. The van der Waals surface area contributed by atoms with Crippen molar-refractivity contribution in [3.8, 4) is 0 Å². The van der Waals surface area contributed by atoms with Crippen LogP contribution in [0.15, 0.2) is 54.6 Å². The Morgan fingerprint density at radius 1 is 1.07 bits per heavy atom. The predicted octanol–water partition coefficient (Wildman–Crippen LogP) is 2.40. The number of nitrogens with one attached hydrogen (secondary N) is 1. The number of carbonyl (C=O) groups excluding carboxylic acids is 1. The summed E-state index contributed by atoms with van der Waals surface area (Å²) in [5.41, 5.74) is 2.47. The Labute approximate surface area is 161 Å². The first-order valence-electron chi connectivity index (χ1n) is 8.80. The van der Waals surface area contributed by atoms with Crippen molar-refractivity contribution >= 4 is 27.3 Å². The number of carbonyl (C=O) groups is 1. The van der Waals surface area contributed by atoms with Crippen LogP contribution in [-0.2, 0) is 14.8 Å². The first kappa shape index (κ1) is 20.8. The van der Waals surface area contributed by atoms with Gasteiger partial charge in [0.1, 0.15) is 6.04 Å². The van der Waals surface area contributed by atoms with E-state index in [4.69, 9.17) is 0 Å². The summed E-state index contributed by atoms with van der Waals surface area (Å²) in [4.78, 5) is 14.6. The minimum Gasteiger partial charge on any atom is -0.373 e. The van der Waals surface area contributed by atoms with Gasteiger partial charge in [0, 0.05) is 25.8 Å². The molecule has 0 aliphatic heterocycles. The number of para-hydroxylation sites is 1. The van der Waals surface area contributed by atoms with E-state index in [-0.39, 0.29) is 5.91 Å². The molecule has 0 fully saturated rings. The Bertz CT molecular complexity index is 869. The number of benzene rings is 2. The zero-order chi connectivity index (χ0) is 20.0. The standard InChI is InChI=1S/C20H27N3O3S/c1-16-9-8-12-19(15-16)23(27(4,25)26)17(2)20(24)21-13-14-22(3)18-10-6-5-7-11-18/h5-12,15,17H,13-14H2,1-4H3,(H,21,24). The van der Waals surface area contributed by atoms with Crippen molar-refractivity contribution in [1.29, 1.82) is 0 Å². The fourth-order valence-electron chi connectivity index (χ4n) is 2.88. The van der Waals surface area contributed by atoms with Crippen LogP contribution < -0.4 is 14.5 Å². The van der Waals surface area contributed by atoms with Crippen molar-refractivity contribution in [2.24, 2.45) is 0 Å². The molecule has 0 bridgehead atoms. The zero-order valence-corrected chi connectivity index (χ0v) is 17.0. The Hall–Kier alpha value is -2.54. The molecule has 0 aromatic heterocycles. The van der Waals surface area contributed by atoms with Gasteiger partial charge >= 0.3 is 0 Å². The second-order valence-corrected chi connectivity index (χ2v) is 8.48. The number of hydrogen-bond donors (Lipinski definition) is 1. The lowest BCUT2D eigenvalue weighted by molar-refractivity contribution is -0.121. The van der Waals surface area contributed by atoms with Crippen LogP contribution in [-0.4, -0.2) is 46.8 Å². The van der Waals surface area contributed by atoms with Crippen molar-refractivity contribution < 1.29 is 13.2 Å². The lowest BCUT2D eigenvalue weighted by atomic mass is 10.2. The van der Waals surface area contributed by atoms with Crippen LogP contribution in [0.2, 0.25) is 0 Å². The summed E-state index contributed by atoms with van der Waals surface area (Å²) in [5, 5.41) is 2.83. The van der Waals surface area contributed by atoms with E-state index in [1.165, 1.54) is 0 Å². The van der Waals surface area contributed by atoms with Crippen LogP contribution in [0.3, 0.4) is 0 Å². The van der Waals surface area contributed by atoms with Gasteiger partial charge in [0.05, 0.1) is 11.9 Å². The van der Waals surface area contributed by atoms with E-state index in [0.29, 0.717) is 18.8 Å². The molecule has 1 atom stereocenters. The quantitative estimate of drug-likeness (QED) is 0.753. The molecular weight excluding hydrogens is 362 g/mol. The first-order valence-corrected chi connectivity index (χ1v) is 10.6. The van der Waals surface area contributed by atoms with E-state index in [1.807, 2.05) is 55.3 Å². The van der Waals surface area contributed by atoms with Gasteiger partial charge < -0.3 is 10.2 Å². The molecule has 0 saturated carbocycles. The molecule has 0 aliphatic carbocycles. The monoisotopic (exact) mass is 389 g/mol. The van der Waals surface area contributed by atoms with E-state index in [0.717, 1.165) is 21.8 Å². The van der Waals surface area contributed by atoms with Crippen LogP contribution in [0.25, 0.3) is 0 Å². The lowest BCUT2D eigenvalue weighted by Gasteiger charge is -2.29. The number of aryl methyl sites for hydroxylation is 1. The van der Waals surface area contributed by atoms with E-state index >= 15 is 0 Å². The number of rotatable bonds is 8. The fraction of sp³-hybridized carbons (Fsp3) is 0.350. The Kier molecular flexibility index (Phi) is 6.85. The van der Waals surface area contributed by atoms with Crippen molar-refractivity contribution in [2.75, 3.05) is 35.6 Å². The highest BCUT2D eigenvalue weighted by Crippen LogP contribution is 2.21. The van der Waals surface area contributed by atoms with Gasteiger partial charge in [-0.3, -0.25) is 9.10 Å². The van der Waals surface area contributed by atoms with Crippen molar-refractivity contribution in [1.82, 2.24) is 5.32 Å². The third kappa shape index (κ3) is 5.72. The van der Waals surface area contributed by atoms with E-state index in [9.17, 15) is 13.2 Å². The van der Waals surface area contributed by atoms with Gasteiger partial charge in [-0.25, -0.2) is 8.42 Å². The maximum Gasteiger partial charge on any atom is 0.243 e. The molecule has 2 rings (SSSR count). The Morgan fingerprint density at radius 3 is 2.30 bits per heavy atom. The smallest absolute Gasteiger partial charge is 0.243 e. The van der Waals surface area contributed by atoms with Gasteiger partial charge in [-0.15, -0.1) is 0 Å². The van der Waals surface area contributed by atoms with Gasteiger partial charge in [0.2, 0.25) is 15.9 Å². The largest absolute Gasteiger partial charge is 0.373 e. The third-order valence-corrected chi connectivity index (χ3v) is 5.53. The van der Waals surface area contributed by atoms with Gasteiger partial charge in [0.15, 0.2) is 0 Å². The van der Waals surface area contributed by atoms with Crippen LogP contribution >= 0.6 is 0 Å². The summed E-state index contributed by atoms with van der Waals surface area (Å²) in [6.07, 6.45) is 1.11. The highest BCUT2D eigenvalue weighted by atomic mass is 32.2. The Morgan fingerprint density at radius 2 is 1.70 bits per heavy atom. The van der Waals surface area contributed by atoms with Gasteiger partial charge in [-0.2, -0.15) is 0 Å². The number of sulfonamides is 1. The molecule has 1 unspecified atom stereocenters. The van der Waals surface area contributed by atoms with E-state index in [2.05, 4.69) is 5.32 Å². The topological polar surface area (TPSA) is 69.7 Å². The van der Waals surface area contributed by atoms with Gasteiger partial charge in [0.25, 0.3) is 0 Å². The molecule has 0 saturated heterocycles. The molecule has 6 nitrogen and oxygen atoms in total. The maximum atomic E-state index is 12.6. The fourth-order valence-corrected chi connectivity index (χ4v) is 4.05. The summed E-state index contributed by atoms with van der Waals surface area (Å²) in [5.74, 6) is -0.330. The number of likely N-dealkylation sites (N-methyl/N-ethyl adjacent to an activating group) is 1. The second kappa shape index (κ2) is 8.90. The molecule has 0 heterocycles. The highest BCUT2D eigenvalue weighted by molar-refractivity contribution is 7.92. The molecular formula is C20H27N3O3S. The zero-order valence-electron chi connectivity index (χ0n) is 16.2. The second-order valence-electron chi connectivity index (χ2n) is 6.62. The SMILES string of the molecule is Cc1cccc(N(C(C)C(=O)NCCN(C)c2ccccc2)S(C)(=O)=O)c1. The summed E-state index contributed by atoms with van der Waals surface area (Å²) >= 11 is 0. The molecule has 2 aromatic rings. The van der Waals surface area contributed by atoms with Crippen molar-refractivity contribution in [3.63, 3.8) is 0 Å². The van der Waals surface area contributed by atoms with Crippen LogP contribution in [0.4, 0.5) is 11.4 Å². The summed E-state index contributed by atoms with van der Waals surface area (Å²) < 4.78 is 25.8.